The molecule has 11 nitrogen and oxygen atoms in total. The van der Waals surface area contributed by atoms with E-state index in [2.05, 4.69) is 16.0 Å². The van der Waals surface area contributed by atoms with Gasteiger partial charge in [-0.1, -0.05) is 41.9 Å². The van der Waals surface area contributed by atoms with Crippen LogP contribution in [0, 0.1) is 0 Å². The first-order valence-electron chi connectivity index (χ1n) is 11.9. The average Bonchev–Trinajstić information content (AvgIpc) is 2.90. The summed E-state index contributed by atoms with van der Waals surface area (Å²) in [5.74, 6) is -2.91. The average molecular weight is 547 g/mol. The maximum absolute atomic E-state index is 12.4. The summed E-state index contributed by atoms with van der Waals surface area (Å²) in [4.78, 5) is 60.2. The lowest BCUT2D eigenvalue weighted by Gasteiger charge is -2.19. The van der Waals surface area contributed by atoms with Crippen molar-refractivity contribution < 1.29 is 33.4 Å². The van der Waals surface area contributed by atoms with Crippen molar-refractivity contribution in [1.29, 1.82) is 0 Å². The molecule has 0 aliphatic rings. The molecule has 2 aromatic carbocycles. The molecule has 0 aliphatic carbocycles. The van der Waals surface area contributed by atoms with Gasteiger partial charge in [0.2, 0.25) is 17.7 Å². The molecular formula is C26H31ClN4O7. The Balaban J connectivity index is 1.64. The first-order valence-corrected chi connectivity index (χ1v) is 12.2. The van der Waals surface area contributed by atoms with Crippen molar-refractivity contribution in [3.05, 3.63) is 70.7 Å². The number of benzene rings is 2. The minimum atomic E-state index is -1.12. The minimum Gasteiger partial charge on any atom is -0.461 e. The molecule has 2 rings (SSSR count). The summed E-state index contributed by atoms with van der Waals surface area (Å²) in [6.07, 6.45) is -0.190. The molecule has 0 saturated carbocycles. The van der Waals surface area contributed by atoms with Gasteiger partial charge in [0, 0.05) is 23.6 Å². The lowest BCUT2D eigenvalue weighted by atomic mass is 10.1. The highest BCUT2D eigenvalue weighted by Crippen LogP contribution is 2.09. The van der Waals surface area contributed by atoms with Gasteiger partial charge in [0.25, 0.3) is 5.91 Å². The molecule has 2 aromatic rings. The van der Waals surface area contributed by atoms with Gasteiger partial charge in [0.05, 0.1) is 6.61 Å². The Kier molecular flexibility index (Phi) is 12.7. The predicted molar refractivity (Wildman–Crippen MR) is 139 cm³/mol. The fourth-order valence-corrected chi connectivity index (χ4v) is 3.23. The van der Waals surface area contributed by atoms with Gasteiger partial charge < -0.3 is 31.2 Å². The first kappa shape index (κ1) is 30.3. The van der Waals surface area contributed by atoms with E-state index >= 15 is 0 Å². The van der Waals surface area contributed by atoms with Crippen LogP contribution in [0.15, 0.2) is 54.6 Å². The molecule has 4 amide bonds. The predicted octanol–water partition coefficient (Wildman–Crippen LogP) is 1.08. The zero-order valence-corrected chi connectivity index (χ0v) is 21.7. The van der Waals surface area contributed by atoms with Crippen molar-refractivity contribution in [1.82, 2.24) is 16.0 Å². The number of nitrogens with one attached hydrogen (secondary N) is 3. The van der Waals surface area contributed by atoms with Gasteiger partial charge in [0.15, 0.2) is 0 Å². The number of halogens is 1. The number of rotatable bonds is 15. The highest BCUT2D eigenvalue weighted by Gasteiger charge is 2.23. The normalized spacial score (nSPS) is 12.1. The van der Waals surface area contributed by atoms with Crippen LogP contribution in [0.4, 0.5) is 0 Å². The van der Waals surface area contributed by atoms with Crippen molar-refractivity contribution in [3.63, 3.8) is 0 Å². The molecule has 2 atom stereocenters. The Morgan fingerprint density at radius 2 is 1.66 bits per heavy atom. The second-order valence-corrected chi connectivity index (χ2v) is 8.69. The maximum atomic E-state index is 12.4. The molecule has 0 unspecified atom stereocenters. The zero-order valence-electron chi connectivity index (χ0n) is 20.9. The summed E-state index contributed by atoms with van der Waals surface area (Å²) >= 11 is 5.79. The number of carbonyl (C=O) groups is 5. The SMILES string of the molecule is C[C@H](NC(=O)COCCNC(=O)c1ccc(Cl)cc1)C(=O)N[C@H](CCC(=O)OCc1ccccc1)C(N)=O. The third kappa shape index (κ3) is 11.4. The van der Waals surface area contributed by atoms with Crippen LogP contribution in [-0.4, -0.2) is 61.4 Å². The maximum Gasteiger partial charge on any atom is 0.306 e. The second-order valence-electron chi connectivity index (χ2n) is 8.25. The van der Waals surface area contributed by atoms with E-state index in [1.165, 1.54) is 6.92 Å². The Bertz CT molecular complexity index is 1100. The molecule has 0 aromatic heterocycles. The van der Waals surface area contributed by atoms with Crippen molar-refractivity contribution in [3.8, 4) is 0 Å². The van der Waals surface area contributed by atoms with Crippen molar-refractivity contribution in [2.45, 2.75) is 38.5 Å². The Morgan fingerprint density at radius 3 is 2.32 bits per heavy atom. The molecule has 5 N–H and O–H groups in total. The van der Waals surface area contributed by atoms with E-state index in [1.54, 1.807) is 36.4 Å². The number of esters is 1. The third-order valence-corrected chi connectivity index (χ3v) is 5.43. The fraction of sp³-hybridized carbons (Fsp3) is 0.346. The summed E-state index contributed by atoms with van der Waals surface area (Å²) in [5.41, 5.74) is 6.60. The smallest absolute Gasteiger partial charge is 0.306 e. The molecule has 0 spiro atoms. The molecule has 12 heteroatoms. The topological polar surface area (TPSA) is 166 Å². The number of primary amides is 1. The molecule has 0 heterocycles. The molecular weight excluding hydrogens is 516 g/mol. The quantitative estimate of drug-likeness (QED) is 0.191. The van der Waals surface area contributed by atoms with Crippen LogP contribution < -0.4 is 21.7 Å². The Hall–Kier alpha value is -3.96. The van der Waals surface area contributed by atoms with E-state index in [9.17, 15) is 24.0 Å². The van der Waals surface area contributed by atoms with Gasteiger partial charge in [-0.3, -0.25) is 24.0 Å². The first-order chi connectivity index (χ1) is 18.2. The molecule has 204 valence electrons. The molecule has 0 radical (unpaired) electrons. The molecule has 0 bridgehead atoms. The molecule has 0 fully saturated rings. The van der Waals surface area contributed by atoms with Gasteiger partial charge in [-0.2, -0.15) is 0 Å². The van der Waals surface area contributed by atoms with E-state index in [0.717, 1.165) is 5.56 Å². The highest BCUT2D eigenvalue weighted by atomic mass is 35.5. The number of hydrogen-bond acceptors (Lipinski definition) is 7. The van der Waals surface area contributed by atoms with Crippen molar-refractivity contribution >= 4 is 41.2 Å². The van der Waals surface area contributed by atoms with Gasteiger partial charge in [-0.05, 0) is 43.2 Å². The summed E-state index contributed by atoms with van der Waals surface area (Å²) < 4.78 is 10.4. The van der Waals surface area contributed by atoms with Gasteiger partial charge in [-0.25, -0.2) is 0 Å². The molecule has 38 heavy (non-hydrogen) atoms. The Morgan fingerprint density at radius 1 is 0.974 bits per heavy atom. The summed E-state index contributed by atoms with van der Waals surface area (Å²) in [5, 5.41) is 8.02. The third-order valence-electron chi connectivity index (χ3n) is 5.18. The van der Waals surface area contributed by atoms with Crippen LogP contribution in [0.25, 0.3) is 0 Å². The fourth-order valence-electron chi connectivity index (χ4n) is 3.11. The Labute approximate surface area is 225 Å². The van der Waals surface area contributed by atoms with Crippen LogP contribution in [0.5, 0.6) is 0 Å². The summed E-state index contributed by atoms with van der Waals surface area (Å²) in [6, 6.07) is 13.3. The summed E-state index contributed by atoms with van der Waals surface area (Å²) in [7, 11) is 0. The van der Waals surface area contributed by atoms with Crippen LogP contribution in [0.1, 0.15) is 35.7 Å². The number of hydrogen-bond donors (Lipinski definition) is 4. The largest absolute Gasteiger partial charge is 0.461 e. The van der Waals surface area contributed by atoms with Crippen molar-refractivity contribution in [2.24, 2.45) is 5.73 Å². The van der Waals surface area contributed by atoms with E-state index in [1.807, 2.05) is 18.2 Å². The number of carbonyl (C=O) groups excluding carboxylic acids is 5. The van der Waals surface area contributed by atoms with E-state index in [0.29, 0.717) is 10.6 Å². The van der Waals surface area contributed by atoms with Crippen LogP contribution in [0.3, 0.4) is 0 Å². The monoisotopic (exact) mass is 546 g/mol. The number of amides is 4. The summed E-state index contributed by atoms with van der Waals surface area (Å²) in [6.45, 7) is 1.40. The number of nitrogens with two attached hydrogens (primary N) is 1. The van der Waals surface area contributed by atoms with Crippen molar-refractivity contribution in [2.75, 3.05) is 19.8 Å². The van der Waals surface area contributed by atoms with Gasteiger partial charge >= 0.3 is 5.97 Å². The lowest BCUT2D eigenvalue weighted by Crippen LogP contribution is -2.52. The van der Waals surface area contributed by atoms with Crippen LogP contribution in [-0.2, 0) is 35.3 Å². The number of ether oxygens (including phenoxy) is 2. The van der Waals surface area contributed by atoms with Gasteiger partial charge in [0.1, 0.15) is 25.3 Å². The van der Waals surface area contributed by atoms with E-state index in [-0.39, 0.29) is 45.1 Å². The van der Waals surface area contributed by atoms with E-state index in [4.69, 9.17) is 26.8 Å². The van der Waals surface area contributed by atoms with Crippen LogP contribution >= 0.6 is 11.6 Å². The van der Waals surface area contributed by atoms with Gasteiger partial charge in [-0.15, -0.1) is 0 Å². The zero-order chi connectivity index (χ0) is 27.9. The standard InChI is InChI=1S/C26H31ClN4O7/c1-17(30-22(32)16-37-14-13-29-26(36)19-7-9-20(27)10-8-19)25(35)31-21(24(28)34)11-12-23(33)38-15-18-5-3-2-4-6-18/h2-10,17,21H,11-16H2,1H3,(H2,28,34)(H,29,36)(H,30,32)(H,31,35)/t17-,21+/m0/s1. The second kappa shape index (κ2) is 16.0. The molecule has 0 aliphatic heterocycles. The lowest BCUT2D eigenvalue weighted by molar-refractivity contribution is -0.145. The van der Waals surface area contributed by atoms with E-state index < -0.39 is 35.8 Å². The highest BCUT2D eigenvalue weighted by molar-refractivity contribution is 6.30. The molecule has 0 saturated heterocycles. The van der Waals surface area contributed by atoms with Crippen LogP contribution in [0.2, 0.25) is 5.02 Å². The minimum absolute atomic E-state index is 0.0553.